The zero-order chi connectivity index (χ0) is 14.5. The van der Waals surface area contributed by atoms with Crippen LogP contribution >= 0.6 is 24.4 Å². The molecule has 0 unspecified atom stereocenters. The Morgan fingerprint density at radius 3 is 1.14 bits per heavy atom. The molecule has 0 amide bonds. The predicted molar refractivity (Wildman–Crippen MR) is 97.8 cm³/mol. The van der Waals surface area contributed by atoms with Crippen LogP contribution in [0.4, 0.5) is 11.4 Å². The molecule has 0 aliphatic heterocycles. The van der Waals surface area contributed by atoms with Gasteiger partial charge in [-0.05, 0) is 32.9 Å². The summed E-state index contributed by atoms with van der Waals surface area (Å²) < 4.78 is 0.513. The monoisotopic (exact) mass is 380 g/mol. The summed E-state index contributed by atoms with van der Waals surface area (Å²) in [5.74, 6) is 0. The maximum Gasteiger partial charge on any atom is 1.00 e. The van der Waals surface area contributed by atoms with Crippen molar-refractivity contribution >= 4 is 69.7 Å². The Hall–Kier alpha value is 0.660. The third-order valence-corrected chi connectivity index (χ3v) is 3.24. The Labute approximate surface area is 197 Å². The summed E-state index contributed by atoms with van der Waals surface area (Å²) in [7, 11) is 0. The third-order valence-electron chi connectivity index (χ3n) is 2.55. The topological polar surface area (TPSA) is 6.48 Å². The average molecular weight is 380 g/mol. The molecule has 0 aliphatic rings. The first-order valence-corrected chi connectivity index (χ1v) is 7.37. The van der Waals surface area contributed by atoms with E-state index in [0.29, 0.717) is 0 Å². The first-order valence-electron chi connectivity index (χ1n) is 5.73. The van der Waals surface area contributed by atoms with E-state index in [-0.39, 0.29) is 67.8 Å². The van der Waals surface area contributed by atoms with Gasteiger partial charge in [0.05, 0.1) is 11.4 Å². The molecule has 0 radical (unpaired) electrons. The molecule has 102 valence electrons. The number of rotatable bonds is 2. The number of nitrogens with zero attached hydrogens (tertiary/aromatic N) is 2. The van der Waals surface area contributed by atoms with Crippen LogP contribution in [0.1, 0.15) is 0 Å². The van der Waals surface area contributed by atoms with Crippen LogP contribution in [-0.2, 0) is 25.3 Å². The van der Waals surface area contributed by atoms with E-state index in [1.165, 1.54) is 0 Å². The molecule has 2 nitrogen and oxygen atoms in total. The summed E-state index contributed by atoms with van der Waals surface area (Å²) in [5.41, 5.74) is 1.65. The van der Waals surface area contributed by atoms with Gasteiger partial charge in [0.25, 0.3) is 0 Å². The van der Waals surface area contributed by atoms with E-state index >= 15 is 0 Å². The van der Waals surface area contributed by atoms with Gasteiger partial charge in [-0.3, -0.25) is 10.0 Å². The fourth-order valence-electron chi connectivity index (χ4n) is 1.74. The maximum absolute atomic E-state index is 5.19. The number of benzene rings is 2. The van der Waals surface area contributed by atoms with Crippen molar-refractivity contribution < 1.29 is 59.1 Å². The van der Waals surface area contributed by atoms with Crippen molar-refractivity contribution in [2.45, 2.75) is 0 Å². The number of thiocarbonyl (C=S) groups is 2. The quantitative estimate of drug-likeness (QED) is 0.246. The Kier molecular flexibility index (Phi) is 11.6. The summed E-state index contributed by atoms with van der Waals surface area (Å²) in [6.45, 7) is 0. The molecule has 0 aromatic heterocycles. The first kappa shape index (κ1) is 22.7. The second-order valence-corrected chi connectivity index (χ2v) is 5.89. The van der Waals surface area contributed by atoms with Gasteiger partial charge in [-0.25, -0.2) is 0 Å². The van der Waals surface area contributed by atoms with Gasteiger partial charge in [0.2, 0.25) is 0 Å². The van der Waals surface area contributed by atoms with Crippen LogP contribution in [0.2, 0.25) is 0 Å². The second kappa shape index (κ2) is 11.3. The van der Waals surface area contributed by atoms with Gasteiger partial charge in [-0.2, -0.15) is 0 Å². The molecule has 0 spiro atoms. The Balaban J connectivity index is 0.00000220. The van der Waals surface area contributed by atoms with Crippen LogP contribution in [-0.4, -0.2) is 8.64 Å². The zero-order valence-electron chi connectivity index (χ0n) is 12.3. The van der Waals surface area contributed by atoms with E-state index in [2.05, 4.69) is 0 Å². The van der Waals surface area contributed by atoms with Gasteiger partial charge in [0, 0.05) is 0 Å². The van der Waals surface area contributed by atoms with Crippen molar-refractivity contribution in [3.05, 3.63) is 60.7 Å². The maximum atomic E-state index is 5.19. The summed E-state index contributed by atoms with van der Waals surface area (Å²) in [4.78, 5) is 0. The summed E-state index contributed by atoms with van der Waals surface area (Å²) in [5, 5.41) is 3.32. The van der Waals surface area contributed by atoms with Crippen molar-refractivity contribution in [2.24, 2.45) is 0 Å². The van der Waals surface area contributed by atoms with E-state index < -0.39 is 0 Å². The summed E-state index contributed by atoms with van der Waals surface area (Å²) in [6, 6.07) is 19.1. The molecule has 0 saturated heterocycles. The predicted octanol–water partition coefficient (Wildman–Crippen LogP) is -2.41. The van der Waals surface area contributed by atoms with Crippen LogP contribution in [0.15, 0.2) is 60.7 Å². The van der Waals surface area contributed by atoms with Crippen LogP contribution in [0.3, 0.4) is 0 Å². The van der Waals surface area contributed by atoms with Crippen LogP contribution in [0, 0.1) is 0 Å². The van der Waals surface area contributed by atoms with Gasteiger partial charge < -0.3 is 49.7 Å². The van der Waals surface area contributed by atoms with Gasteiger partial charge in [0.15, 0.2) is 0 Å². The molecular weight excluding hydrogens is 370 g/mol. The van der Waals surface area contributed by atoms with Crippen molar-refractivity contribution in [2.75, 3.05) is 10.0 Å². The Morgan fingerprint density at radius 2 is 0.909 bits per heavy atom. The zero-order valence-corrected chi connectivity index (χ0v) is 19.6. The number of hydrogen-bond donors (Lipinski definition) is 0. The molecule has 0 atom stereocenters. The van der Waals surface area contributed by atoms with Crippen molar-refractivity contribution in [1.29, 1.82) is 0 Å². The molecular formula is C14H10N2Na2S4. The van der Waals surface area contributed by atoms with Crippen molar-refractivity contribution in [3.8, 4) is 0 Å². The normalized spacial score (nSPS) is 8.91. The van der Waals surface area contributed by atoms with Crippen LogP contribution < -0.4 is 69.1 Å². The SMILES string of the molecule is S=C([S-])N(c1ccccc1)N(C(=S)[S-])c1ccccc1.[Na+].[Na+]. The molecule has 0 fully saturated rings. The standard InChI is InChI=1S/C14H12N2S4.2Na/c17-13(18)15(11-7-3-1-4-8-11)16(14(19)20)12-9-5-2-6-10-12;;/h1-10H,(H,17,18)(H,19,20);;/q;2*+1/p-2. The molecule has 2 aromatic rings. The van der Waals surface area contributed by atoms with Gasteiger partial charge in [0.1, 0.15) is 0 Å². The minimum atomic E-state index is 0. The minimum absolute atomic E-state index is 0. The largest absolute Gasteiger partial charge is 1.00 e. The minimum Gasteiger partial charge on any atom is -0.409 e. The molecule has 0 aliphatic carbocycles. The van der Waals surface area contributed by atoms with E-state index in [0.717, 1.165) is 11.4 Å². The fraction of sp³-hybridized carbons (Fsp3) is 0. The number of anilines is 2. The van der Waals surface area contributed by atoms with Gasteiger partial charge >= 0.3 is 59.1 Å². The summed E-state index contributed by atoms with van der Waals surface area (Å²) >= 11 is 20.8. The van der Waals surface area contributed by atoms with E-state index in [9.17, 15) is 0 Å². The van der Waals surface area contributed by atoms with Gasteiger partial charge in [-0.15, -0.1) is 0 Å². The number of para-hydroxylation sites is 2. The number of hydrogen-bond acceptors (Lipinski definition) is 4. The van der Waals surface area contributed by atoms with Crippen LogP contribution in [0.25, 0.3) is 0 Å². The van der Waals surface area contributed by atoms with E-state index in [4.69, 9.17) is 49.7 Å². The van der Waals surface area contributed by atoms with Gasteiger partial charge in [-0.1, -0.05) is 36.4 Å². The molecule has 0 saturated carbocycles. The average Bonchev–Trinajstić information content (AvgIpc) is 2.45. The molecule has 2 aromatic carbocycles. The van der Waals surface area contributed by atoms with Crippen molar-refractivity contribution in [1.82, 2.24) is 0 Å². The molecule has 0 N–H and O–H groups in total. The molecule has 0 bridgehead atoms. The molecule has 2 rings (SSSR count). The molecule has 22 heavy (non-hydrogen) atoms. The number of hydrazine groups is 1. The molecule has 0 heterocycles. The third kappa shape index (κ3) is 5.94. The van der Waals surface area contributed by atoms with E-state index in [1.54, 1.807) is 10.0 Å². The Bertz CT molecular complexity index is 555. The second-order valence-electron chi connectivity index (χ2n) is 3.83. The van der Waals surface area contributed by atoms with Crippen molar-refractivity contribution in [3.63, 3.8) is 0 Å². The molecule has 8 heteroatoms. The fourth-order valence-corrected chi connectivity index (χ4v) is 2.49. The smallest absolute Gasteiger partial charge is 0.409 e. The first-order chi connectivity index (χ1) is 9.61. The van der Waals surface area contributed by atoms with E-state index in [1.807, 2.05) is 60.7 Å². The van der Waals surface area contributed by atoms with Crippen LogP contribution in [0.5, 0.6) is 0 Å². The Morgan fingerprint density at radius 1 is 0.636 bits per heavy atom. The summed E-state index contributed by atoms with van der Waals surface area (Å²) in [6.07, 6.45) is 0.